The van der Waals surface area contributed by atoms with Gasteiger partial charge in [-0.15, -0.1) is 0 Å². The fraction of sp³-hybridized carbons (Fsp3) is 0.933. The molecule has 0 aromatic rings. The van der Waals surface area contributed by atoms with Crippen LogP contribution in [0, 0.1) is 5.92 Å². The minimum absolute atomic E-state index is 0.0238. The number of fused-ring (bicyclic) bond motifs is 2. The molecule has 0 aromatic carbocycles. The zero-order valence-corrected chi connectivity index (χ0v) is 16.1. The van der Waals surface area contributed by atoms with Crippen LogP contribution in [0.3, 0.4) is 0 Å². The molecule has 2 aliphatic heterocycles. The Morgan fingerprint density at radius 3 is 2.33 bits per heavy atom. The topological polar surface area (TPSA) is 148 Å². The Bertz CT molecular complexity index is 720. The van der Waals surface area contributed by atoms with Gasteiger partial charge in [-0.05, 0) is 32.6 Å². The Balaban J connectivity index is 1.51. The molecule has 0 spiro atoms. The molecule has 0 radical (unpaired) electrons. The molecule has 6 atom stereocenters. The molecule has 2 saturated carbocycles. The standard InChI is InChI=1S/C15H27BN4O6S/c1-18-10-5-12(10)20(13-6-11(13)18)27(25,26)19-7-9(3-2-4-16(23)24)15(17,8-19)14(21)22/h9-13,23-24H,2-8,17H2,1H3,(H,21,22)/t9-,10+,11+,12-,13-,15-/m0/s1. The number of hydrogen-bond donors (Lipinski definition) is 4. The molecule has 4 fully saturated rings. The van der Waals surface area contributed by atoms with Gasteiger partial charge in [0.25, 0.3) is 10.2 Å². The van der Waals surface area contributed by atoms with Gasteiger partial charge in [0.05, 0.1) is 0 Å². The van der Waals surface area contributed by atoms with Crippen LogP contribution in [0.25, 0.3) is 0 Å². The van der Waals surface area contributed by atoms with Crippen molar-refractivity contribution in [3.05, 3.63) is 0 Å². The molecule has 12 heteroatoms. The van der Waals surface area contributed by atoms with E-state index in [-0.39, 0.29) is 43.6 Å². The van der Waals surface area contributed by atoms with Crippen LogP contribution in [0.2, 0.25) is 6.32 Å². The number of carboxylic acids is 1. The van der Waals surface area contributed by atoms with Crippen molar-refractivity contribution in [3.63, 3.8) is 0 Å². The van der Waals surface area contributed by atoms with Crippen molar-refractivity contribution in [2.75, 3.05) is 20.1 Å². The molecule has 0 aromatic heterocycles. The second-order valence-corrected chi connectivity index (χ2v) is 10.3. The van der Waals surface area contributed by atoms with Gasteiger partial charge in [-0.25, -0.2) is 0 Å². The molecule has 4 rings (SSSR count). The summed E-state index contributed by atoms with van der Waals surface area (Å²) < 4.78 is 29.5. The number of aliphatic carboxylic acids is 1. The van der Waals surface area contributed by atoms with E-state index in [1.54, 1.807) is 4.31 Å². The fourth-order valence-corrected chi connectivity index (χ4v) is 7.08. The Labute approximate surface area is 159 Å². The third-order valence-electron chi connectivity index (χ3n) is 6.74. The highest BCUT2D eigenvalue weighted by Crippen LogP contribution is 2.52. The average molecular weight is 402 g/mol. The molecule has 152 valence electrons. The van der Waals surface area contributed by atoms with E-state index in [2.05, 4.69) is 4.90 Å². The van der Waals surface area contributed by atoms with Gasteiger partial charge in [-0.3, -0.25) is 9.69 Å². The summed E-state index contributed by atoms with van der Waals surface area (Å²) in [4.78, 5) is 14.1. The van der Waals surface area contributed by atoms with Crippen LogP contribution in [0.4, 0.5) is 0 Å². The molecular weight excluding hydrogens is 375 g/mol. The third kappa shape index (κ3) is 3.11. The first-order valence-electron chi connectivity index (χ1n) is 9.46. The number of likely N-dealkylation sites (N-methyl/N-ethyl adjacent to an activating group) is 1. The minimum Gasteiger partial charge on any atom is -0.480 e. The Kier molecular flexibility index (Phi) is 4.62. The Morgan fingerprint density at radius 1 is 1.22 bits per heavy atom. The molecular formula is C15H27BN4O6S. The summed E-state index contributed by atoms with van der Waals surface area (Å²) in [7, 11) is -3.21. The van der Waals surface area contributed by atoms with Crippen LogP contribution in [-0.4, -0.2) is 100 Å². The maximum atomic E-state index is 13.3. The van der Waals surface area contributed by atoms with Gasteiger partial charge in [0, 0.05) is 43.2 Å². The lowest BCUT2D eigenvalue weighted by Gasteiger charge is -2.33. The van der Waals surface area contributed by atoms with E-state index in [1.165, 1.54) is 4.31 Å². The largest absolute Gasteiger partial charge is 0.480 e. The van der Waals surface area contributed by atoms with Crippen molar-refractivity contribution < 1.29 is 28.4 Å². The van der Waals surface area contributed by atoms with Crippen LogP contribution in [0.5, 0.6) is 0 Å². The summed E-state index contributed by atoms with van der Waals surface area (Å²) in [6.07, 6.45) is 2.44. The van der Waals surface area contributed by atoms with E-state index in [1.807, 2.05) is 7.05 Å². The SMILES string of the molecule is CN1[C@@H]2C[C@@H]2N(S(=O)(=O)N2C[C@H](CCCB(O)O)[C@](N)(C(=O)O)C2)[C@H]2C[C@H]21. The van der Waals surface area contributed by atoms with E-state index in [0.29, 0.717) is 12.8 Å². The number of carboxylic acid groups (broad SMARTS) is 1. The molecule has 5 N–H and O–H groups in total. The Morgan fingerprint density at radius 2 is 1.81 bits per heavy atom. The molecule has 2 saturated heterocycles. The molecule has 10 nitrogen and oxygen atoms in total. The number of rotatable bonds is 7. The molecule has 0 unspecified atom stereocenters. The van der Waals surface area contributed by atoms with E-state index < -0.39 is 34.8 Å². The molecule has 2 aliphatic carbocycles. The quantitative estimate of drug-likeness (QED) is 0.349. The van der Waals surface area contributed by atoms with Crippen molar-refractivity contribution in [2.45, 2.75) is 61.7 Å². The summed E-state index contributed by atoms with van der Waals surface area (Å²) in [5.74, 6) is -1.79. The highest BCUT2D eigenvalue weighted by molar-refractivity contribution is 7.86. The first-order chi connectivity index (χ1) is 12.6. The number of nitrogens with zero attached hydrogens (tertiary/aromatic N) is 3. The van der Waals surface area contributed by atoms with E-state index in [4.69, 9.17) is 15.8 Å². The first-order valence-corrected chi connectivity index (χ1v) is 10.9. The minimum atomic E-state index is -3.78. The summed E-state index contributed by atoms with van der Waals surface area (Å²) in [5.41, 5.74) is 4.47. The van der Waals surface area contributed by atoms with E-state index >= 15 is 0 Å². The van der Waals surface area contributed by atoms with Crippen LogP contribution in [-0.2, 0) is 15.0 Å². The third-order valence-corrected chi connectivity index (χ3v) is 8.75. The van der Waals surface area contributed by atoms with E-state index in [0.717, 1.165) is 12.8 Å². The molecule has 27 heavy (non-hydrogen) atoms. The van der Waals surface area contributed by atoms with Crippen LogP contribution < -0.4 is 5.73 Å². The van der Waals surface area contributed by atoms with Crippen molar-refractivity contribution in [3.8, 4) is 0 Å². The predicted octanol–water partition coefficient (Wildman–Crippen LogP) is -2.27. The van der Waals surface area contributed by atoms with Crippen LogP contribution in [0.15, 0.2) is 0 Å². The van der Waals surface area contributed by atoms with Crippen molar-refractivity contribution in [2.24, 2.45) is 11.7 Å². The monoisotopic (exact) mass is 402 g/mol. The summed E-state index contributed by atoms with van der Waals surface area (Å²) in [5, 5.41) is 27.6. The first kappa shape index (κ1) is 19.6. The smallest absolute Gasteiger partial charge is 0.451 e. The van der Waals surface area contributed by atoms with Gasteiger partial charge in [-0.1, -0.05) is 6.42 Å². The predicted molar refractivity (Wildman–Crippen MR) is 96.8 cm³/mol. The average Bonchev–Trinajstić information content (AvgIpc) is 3.47. The van der Waals surface area contributed by atoms with Gasteiger partial charge >= 0.3 is 13.1 Å². The van der Waals surface area contributed by atoms with Crippen molar-refractivity contribution in [1.82, 2.24) is 13.5 Å². The second-order valence-electron chi connectivity index (χ2n) is 8.49. The van der Waals surface area contributed by atoms with Crippen molar-refractivity contribution >= 4 is 23.3 Å². The van der Waals surface area contributed by atoms with Gasteiger partial charge in [0.2, 0.25) is 0 Å². The van der Waals surface area contributed by atoms with Gasteiger partial charge in [0.15, 0.2) is 0 Å². The Hall–Kier alpha value is -0.755. The van der Waals surface area contributed by atoms with Gasteiger partial charge < -0.3 is 20.9 Å². The van der Waals surface area contributed by atoms with Gasteiger partial charge in [-0.2, -0.15) is 17.0 Å². The number of carbonyl (C=O) groups is 1. The number of hydrogen-bond acceptors (Lipinski definition) is 7. The highest BCUT2D eigenvalue weighted by Gasteiger charge is 2.67. The normalized spacial score (nSPS) is 41.9. The van der Waals surface area contributed by atoms with Gasteiger partial charge in [0.1, 0.15) is 5.54 Å². The molecule has 2 heterocycles. The zero-order chi connectivity index (χ0) is 19.7. The zero-order valence-electron chi connectivity index (χ0n) is 15.3. The maximum absolute atomic E-state index is 13.3. The van der Waals surface area contributed by atoms with Crippen LogP contribution in [0.1, 0.15) is 25.7 Å². The lowest BCUT2D eigenvalue weighted by Crippen LogP contribution is -2.56. The molecule has 4 aliphatic rings. The lowest BCUT2D eigenvalue weighted by atomic mass is 9.78. The van der Waals surface area contributed by atoms with Crippen molar-refractivity contribution in [1.29, 1.82) is 0 Å². The highest BCUT2D eigenvalue weighted by atomic mass is 32.2. The summed E-state index contributed by atoms with van der Waals surface area (Å²) >= 11 is 0. The number of piperazine rings is 1. The lowest BCUT2D eigenvalue weighted by molar-refractivity contribution is -0.144. The fourth-order valence-electron chi connectivity index (χ4n) is 4.94. The maximum Gasteiger partial charge on any atom is 0.451 e. The van der Waals surface area contributed by atoms with Crippen LogP contribution >= 0.6 is 0 Å². The second kappa shape index (κ2) is 6.38. The number of nitrogens with two attached hydrogens (primary N) is 1. The summed E-state index contributed by atoms with van der Waals surface area (Å²) in [6.45, 7) is -0.202. The summed E-state index contributed by atoms with van der Waals surface area (Å²) in [6, 6.07) is 0.471. The molecule has 0 bridgehead atoms. The molecule has 0 amide bonds. The van der Waals surface area contributed by atoms with E-state index in [9.17, 15) is 18.3 Å².